The molecule has 4 nitrogen and oxygen atoms in total. The van der Waals surface area contributed by atoms with Crippen LogP contribution in [0.3, 0.4) is 0 Å². The number of aromatic amines is 1. The number of unbranched alkanes of at least 4 members (excludes halogenated alkanes) is 2. The zero-order valence-corrected chi connectivity index (χ0v) is 12.6. The number of nitrogens with one attached hydrogen (secondary N) is 1. The van der Waals surface area contributed by atoms with Crippen molar-refractivity contribution in [3.8, 4) is 0 Å². The third-order valence-corrected chi connectivity index (χ3v) is 3.82. The lowest BCUT2D eigenvalue weighted by Crippen LogP contribution is -2.12. The summed E-state index contributed by atoms with van der Waals surface area (Å²) in [7, 11) is 0. The Morgan fingerprint density at radius 1 is 1.40 bits per heavy atom. The standard InChI is InChI=1S/C16H23N3O/c1-4-6-8-9-13-12(3)19(10-7-5-2)15-14(13)11-17-18-16(15)20/h5,7,11H,4,6,8-10H2,1-3H3,(H,18,20)/b7-5+. The molecule has 0 atom stereocenters. The molecule has 4 heteroatoms. The first-order chi connectivity index (χ1) is 9.70. The molecule has 0 spiro atoms. The number of aromatic nitrogens is 3. The van der Waals surface area contributed by atoms with E-state index in [1.807, 2.05) is 13.0 Å². The van der Waals surface area contributed by atoms with Crippen LogP contribution in [-0.2, 0) is 13.0 Å². The molecule has 2 heterocycles. The summed E-state index contributed by atoms with van der Waals surface area (Å²) in [6.07, 6.45) is 10.5. The molecule has 0 unspecified atom stereocenters. The van der Waals surface area contributed by atoms with Crippen molar-refractivity contribution in [2.24, 2.45) is 0 Å². The highest BCUT2D eigenvalue weighted by Gasteiger charge is 2.15. The molecule has 0 saturated heterocycles. The SMILES string of the molecule is C/C=C/Cn1c(C)c(CCCCC)c2cn[nH]c(=O)c21. The fourth-order valence-electron chi connectivity index (χ4n) is 2.71. The number of aryl methyl sites for hydroxylation is 1. The minimum atomic E-state index is -0.100. The van der Waals surface area contributed by atoms with Gasteiger partial charge in [0, 0.05) is 17.6 Å². The van der Waals surface area contributed by atoms with Crippen LogP contribution in [0.1, 0.15) is 44.4 Å². The van der Waals surface area contributed by atoms with Gasteiger partial charge in [-0.1, -0.05) is 31.9 Å². The van der Waals surface area contributed by atoms with E-state index in [4.69, 9.17) is 0 Å². The summed E-state index contributed by atoms with van der Waals surface area (Å²) in [6.45, 7) is 7.04. The molecule has 1 N–H and O–H groups in total. The van der Waals surface area contributed by atoms with Crippen LogP contribution in [0, 0.1) is 6.92 Å². The molecular weight excluding hydrogens is 250 g/mol. The van der Waals surface area contributed by atoms with Crippen LogP contribution < -0.4 is 5.56 Å². The Hall–Kier alpha value is -1.84. The molecule has 0 aliphatic carbocycles. The van der Waals surface area contributed by atoms with Crippen molar-refractivity contribution in [3.05, 3.63) is 40.0 Å². The van der Waals surface area contributed by atoms with Gasteiger partial charge in [0.2, 0.25) is 0 Å². The van der Waals surface area contributed by atoms with Gasteiger partial charge < -0.3 is 4.57 Å². The molecule has 0 aromatic carbocycles. The number of H-pyrrole nitrogens is 1. The highest BCUT2D eigenvalue weighted by molar-refractivity contribution is 5.83. The molecule has 0 amide bonds. The van der Waals surface area contributed by atoms with Crippen molar-refractivity contribution in [1.29, 1.82) is 0 Å². The number of hydrogen-bond donors (Lipinski definition) is 1. The molecule has 0 radical (unpaired) electrons. The van der Waals surface area contributed by atoms with Gasteiger partial charge >= 0.3 is 0 Å². The van der Waals surface area contributed by atoms with Crippen LogP contribution in [-0.4, -0.2) is 14.8 Å². The Morgan fingerprint density at radius 2 is 2.20 bits per heavy atom. The lowest BCUT2D eigenvalue weighted by atomic mass is 10.1. The number of rotatable bonds is 6. The second-order valence-corrected chi connectivity index (χ2v) is 5.16. The number of hydrogen-bond acceptors (Lipinski definition) is 2. The summed E-state index contributed by atoms with van der Waals surface area (Å²) in [5.74, 6) is 0. The van der Waals surface area contributed by atoms with Gasteiger partial charge in [0.15, 0.2) is 0 Å². The third kappa shape index (κ3) is 2.69. The van der Waals surface area contributed by atoms with Crippen LogP contribution in [0.25, 0.3) is 10.9 Å². The first-order valence-electron chi connectivity index (χ1n) is 7.37. The zero-order valence-electron chi connectivity index (χ0n) is 12.6. The second-order valence-electron chi connectivity index (χ2n) is 5.16. The van der Waals surface area contributed by atoms with E-state index < -0.39 is 0 Å². The second kappa shape index (κ2) is 6.55. The summed E-state index contributed by atoms with van der Waals surface area (Å²) in [5.41, 5.74) is 3.11. The predicted octanol–water partition coefficient (Wildman–Crippen LogP) is 3.34. The topological polar surface area (TPSA) is 50.7 Å². The number of nitrogens with zero attached hydrogens (tertiary/aromatic N) is 2. The Bertz CT molecular complexity index is 664. The van der Waals surface area contributed by atoms with E-state index >= 15 is 0 Å². The van der Waals surface area contributed by atoms with Gasteiger partial charge in [-0.05, 0) is 32.3 Å². The molecule has 0 aliphatic rings. The first-order valence-corrected chi connectivity index (χ1v) is 7.37. The third-order valence-electron chi connectivity index (χ3n) is 3.82. The molecule has 2 aromatic rings. The molecule has 20 heavy (non-hydrogen) atoms. The van der Waals surface area contributed by atoms with E-state index in [1.165, 1.54) is 24.1 Å². The van der Waals surface area contributed by atoms with Gasteiger partial charge in [0.1, 0.15) is 5.52 Å². The molecule has 0 saturated carbocycles. The van der Waals surface area contributed by atoms with Gasteiger partial charge in [-0.25, -0.2) is 5.10 Å². The number of allylic oxidation sites excluding steroid dienone is 2. The van der Waals surface area contributed by atoms with Crippen LogP contribution in [0.4, 0.5) is 0 Å². The van der Waals surface area contributed by atoms with Gasteiger partial charge in [-0.15, -0.1) is 0 Å². The summed E-state index contributed by atoms with van der Waals surface area (Å²) in [5, 5.41) is 7.52. The van der Waals surface area contributed by atoms with Gasteiger partial charge in [0.05, 0.1) is 6.20 Å². The van der Waals surface area contributed by atoms with Crippen molar-refractivity contribution in [2.75, 3.05) is 0 Å². The Labute approximate surface area is 119 Å². The number of fused-ring (bicyclic) bond motifs is 1. The van der Waals surface area contributed by atoms with E-state index in [-0.39, 0.29) is 5.56 Å². The molecule has 0 fully saturated rings. The van der Waals surface area contributed by atoms with Crippen molar-refractivity contribution in [3.63, 3.8) is 0 Å². The summed E-state index contributed by atoms with van der Waals surface area (Å²) >= 11 is 0. The predicted molar refractivity (Wildman–Crippen MR) is 83.1 cm³/mol. The quantitative estimate of drug-likeness (QED) is 0.648. The van der Waals surface area contributed by atoms with Crippen LogP contribution in [0.5, 0.6) is 0 Å². The average Bonchev–Trinajstić information content (AvgIpc) is 2.71. The van der Waals surface area contributed by atoms with E-state index in [2.05, 4.69) is 34.7 Å². The van der Waals surface area contributed by atoms with Crippen molar-refractivity contribution in [2.45, 2.75) is 53.0 Å². The van der Waals surface area contributed by atoms with Crippen molar-refractivity contribution in [1.82, 2.24) is 14.8 Å². The van der Waals surface area contributed by atoms with Gasteiger partial charge in [-0.3, -0.25) is 4.79 Å². The van der Waals surface area contributed by atoms with E-state index in [9.17, 15) is 4.79 Å². The summed E-state index contributed by atoms with van der Waals surface area (Å²) < 4.78 is 2.09. The highest BCUT2D eigenvalue weighted by Crippen LogP contribution is 2.24. The smallest absolute Gasteiger partial charge is 0.288 e. The molecule has 0 bridgehead atoms. The lowest BCUT2D eigenvalue weighted by Gasteiger charge is -2.05. The van der Waals surface area contributed by atoms with Gasteiger partial charge in [0.25, 0.3) is 5.56 Å². The Morgan fingerprint density at radius 3 is 2.90 bits per heavy atom. The molecule has 2 rings (SSSR count). The maximum absolute atomic E-state index is 12.1. The maximum Gasteiger partial charge on any atom is 0.288 e. The average molecular weight is 273 g/mol. The minimum Gasteiger partial charge on any atom is -0.336 e. The fraction of sp³-hybridized carbons (Fsp3) is 0.500. The largest absolute Gasteiger partial charge is 0.336 e. The van der Waals surface area contributed by atoms with Crippen LogP contribution >= 0.6 is 0 Å². The molecule has 2 aromatic heterocycles. The molecule has 108 valence electrons. The van der Waals surface area contributed by atoms with Crippen LogP contribution in [0.2, 0.25) is 0 Å². The zero-order chi connectivity index (χ0) is 14.5. The first kappa shape index (κ1) is 14.6. The molecular formula is C16H23N3O. The highest BCUT2D eigenvalue weighted by atomic mass is 16.1. The fourth-order valence-corrected chi connectivity index (χ4v) is 2.71. The molecule has 0 aliphatic heterocycles. The lowest BCUT2D eigenvalue weighted by molar-refractivity contribution is 0.711. The monoisotopic (exact) mass is 273 g/mol. The van der Waals surface area contributed by atoms with E-state index in [0.29, 0.717) is 0 Å². The summed E-state index contributed by atoms with van der Waals surface area (Å²) in [6, 6.07) is 0. The van der Waals surface area contributed by atoms with E-state index in [0.717, 1.165) is 30.3 Å². The maximum atomic E-state index is 12.1. The summed E-state index contributed by atoms with van der Waals surface area (Å²) in [4.78, 5) is 12.1. The van der Waals surface area contributed by atoms with Crippen LogP contribution in [0.15, 0.2) is 23.1 Å². The van der Waals surface area contributed by atoms with E-state index in [1.54, 1.807) is 6.20 Å². The minimum absolute atomic E-state index is 0.100. The Balaban J connectivity index is 2.54. The van der Waals surface area contributed by atoms with Crippen molar-refractivity contribution < 1.29 is 0 Å². The normalized spacial score (nSPS) is 11.8. The van der Waals surface area contributed by atoms with Crippen molar-refractivity contribution >= 4 is 10.9 Å². The Kier molecular flexibility index (Phi) is 4.77. The van der Waals surface area contributed by atoms with Gasteiger partial charge in [-0.2, -0.15) is 5.10 Å².